The number of likely N-dealkylation sites (tertiary alicyclic amines) is 2. The van der Waals surface area contributed by atoms with E-state index in [1.165, 1.54) is 24.0 Å². The topological polar surface area (TPSA) is 88.7 Å². The van der Waals surface area contributed by atoms with E-state index in [1.807, 2.05) is 28.0 Å². The van der Waals surface area contributed by atoms with Gasteiger partial charge < -0.3 is 29.7 Å². The number of piperazine rings is 1. The Bertz CT molecular complexity index is 1430. The number of urea groups is 1. The van der Waals surface area contributed by atoms with Crippen LogP contribution in [0.25, 0.3) is 0 Å². The van der Waals surface area contributed by atoms with E-state index in [-0.39, 0.29) is 18.0 Å². The summed E-state index contributed by atoms with van der Waals surface area (Å²) in [5.74, 6) is -0.0975. The van der Waals surface area contributed by atoms with E-state index in [1.54, 1.807) is 4.90 Å². The molecule has 6 rings (SSSR count). The van der Waals surface area contributed by atoms with Gasteiger partial charge in [0, 0.05) is 70.0 Å². The van der Waals surface area contributed by atoms with Crippen molar-refractivity contribution in [2.75, 3.05) is 71.3 Å². The quantitative estimate of drug-likeness (QED) is 0.445. The summed E-state index contributed by atoms with van der Waals surface area (Å²) in [5.41, 5.74) is 5.63. The molecule has 1 N–H and O–H groups in total. The molecule has 0 radical (unpaired) electrons. The largest absolute Gasteiger partial charge is 0.436 e. The minimum absolute atomic E-state index is 0.0474. The van der Waals surface area contributed by atoms with Crippen molar-refractivity contribution < 1.29 is 19.1 Å². The van der Waals surface area contributed by atoms with Crippen molar-refractivity contribution in [3.05, 3.63) is 64.7 Å². The Morgan fingerprint density at radius 3 is 2.21 bits per heavy atom. The summed E-state index contributed by atoms with van der Waals surface area (Å²) in [7, 11) is 2.18. The molecule has 1 atom stereocenters. The number of carbonyl (C=O) groups is 3. The highest BCUT2D eigenvalue weighted by molar-refractivity contribution is 5.91. The van der Waals surface area contributed by atoms with Gasteiger partial charge in [0.2, 0.25) is 0 Å². The SMILES string of the molecule is CCc1ccc(CC(OC(=O)N2CCC(N3CCc4ccccc4NC3=O)CC2)C(=O)N2CCN(C3CCN(C)CC3)CC2)cc1CC. The van der Waals surface area contributed by atoms with E-state index in [0.717, 1.165) is 62.3 Å². The third kappa shape index (κ3) is 7.97. The Hall–Kier alpha value is -3.63. The van der Waals surface area contributed by atoms with Crippen molar-refractivity contribution in [2.24, 2.45) is 0 Å². The van der Waals surface area contributed by atoms with Gasteiger partial charge in [-0.2, -0.15) is 0 Å². The van der Waals surface area contributed by atoms with Crippen LogP contribution in [0.3, 0.4) is 0 Å². The summed E-state index contributed by atoms with van der Waals surface area (Å²) in [6.07, 6.45) is 5.42. The molecule has 2 aromatic rings. The summed E-state index contributed by atoms with van der Waals surface area (Å²) >= 11 is 0. The second-order valence-corrected chi connectivity index (χ2v) is 14.0. The van der Waals surface area contributed by atoms with Crippen LogP contribution in [-0.2, 0) is 35.2 Å². The van der Waals surface area contributed by atoms with E-state index in [9.17, 15) is 14.4 Å². The van der Waals surface area contributed by atoms with E-state index >= 15 is 0 Å². The van der Waals surface area contributed by atoms with Crippen LogP contribution >= 0.6 is 0 Å². The number of rotatable bonds is 8. The molecule has 48 heavy (non-hydrogen) atoms. The lowest BCUT2D eigenvalue weighted by Crippen LogP contribution is -2.56. The first-order valence-electron chi connectivity index (χ1n) is 18.3. The zero-order valence-electron chi connectivity index (χ0n) is 29.2. The fraction of sp³-hybridized carbons (Fsp3) is 0.605. The molecule has 3 fully saturated rings. The molecule has 0 saturated carbocycles. The summed E-state index contributed by atoms with van der Waals surface area (Å²) < 4.78 is 6.14. The monoisotopic (exact) mass is 658 g/mol. The predicted octanol–water partition coefficient (Wildman–Crippen LogP) is 4.65. The highest BCUT2D eigenvalue weighted by Gasteiger charge is 2.36. The Morgan fingerprint density at radius 2 is 1.50 bits per heavy atom. The maximum absolute atomic E-state index is 14.1. The Kier molecular flexibility index (Phi) is 11.2. The lowest BCUT2D eigenvalue weighted by molar-refractivity contribution is -0.143. The number of aryl methyl sites for hydroxylation is 2. The van der Waals surface area contributed by atoms with Gasteiger partial charge in [-0.1, -0.05) is 50.2 Å². The summed E-state index contributed by atoms with van der Waals surface area (Å²) in [4.78, 5) is 51.4. The zero-order valence-corrected chi connectivity index (χ0v) is 29.2. The number of nitrogens with zero attached hydrogens (tertiary/aromatic N) is 5. The van der Waals surface area contributed by atoms with E-state index in [4.69, 9.17) is 4.74 Å². The molecule has 10 heteroatoms. The van der Waals surface area contributed by atoms with Crippen molar-refractivity contribution in [3.63, 3.8) is 0 Å². The second-order valence-electron chi connectivity index (χ2n) is 14.0. The summed E-state index contributed by atoms with van der Waals surface area (Å²) in [6.45, 7) is 11.2. The maximum Gasteiger partial charge on any atom is 0.410 e. The molecular formula is C38H54N6O4. The van der Waals surface area contributed by atoms with Crippen LogP contribution in [-0.4, -0.2) is 127 Å². The molecular weight excluding hydrogens is 604 g/mol. The molecule has 1 unspecified atom stereocenters. The molecule has 4 aliphatic rings. The summed E-state index contributed by atoms with van der Waals surface area (Å²) in [6, 6.07) is 14.9. The van der Waals surface area contributed by atoms with Crippen LogP contribution in [0.4, 0.5) is 15.3 Å². The molecule has 10 nitrogen and oxygen atoms in total. The average molecular weight is 659 g/mol. The number of benzene rings is 2. The first-order chi connectivity index (χ1) is 23.3. The van der Waals surface area contributed by atoms with Crippen molar-refractivity contribution >= 4 is 23.7 Å². The number of fused-ring (bicyclic) bond motifs is 1. The zero-order chi connectivity index (χ0) is 33.6. The van der Waals surface area contributed by atoms with Gasteiger partial charge in [-0.3, -0.25) is 9.69 Å². The fourth-order valence-corrected chi connectivity index (χ4v) is 8.04. The molecule has 4 amide bonds. The third-order valence-electron chi connectivity index (χ3n) is 11.1. The number of para-hydroxylation sites is 1. The van der Waals surface area contributed by atoms with Crippen LogP contribution in [0.2, 0.25) is 0 Å². The smallest absolute Gasteiger partial charge is 0.410 e. The molecule has 4 aliphatic heterocycles. The molecule has 3 saturated heterocycles. The van der Waals surface area contributed by atoms with Crippen molar-refractivity contribution in [3.8, 4) is 0 Å². The van der Waals surface area contributed by atoms with Gasteiger partial charge in [0.05, 0.1) is 0 Å². The molecule has 0 bridgehead atoms. The van der Waals surface area contributed by atoms with Gasteiger partial charge in [0.25, 0.3) is 5.91 Å². The Balaban J connectivity index is 1.09. The number of ether oxygens (including phenoxy) is 1. The molecule has 4 heterocycles. The first-order valence-corrected chi connectivity index (χ1v) is 18.3. The van der Waals surface area contributed by atoms with Gasteiger partial charge in [0.1, 0.15) is 0 Å². The lowest BCUT2D eigenvalue weighted by Gasteiger charge is -2.42. The van der Waals surface area contributed by atoms with Crippen LogP contribution in [0.5, 0.6) is 0 Å². The molecule has 0 aromatic heterocycles. The van der Waals surface area contributed by atoms with Gasteiger partial charge in [-0.15, -0.1) is 0 Å². The van der Waals surface area contributed by atoms with Crippen molar-refractivity contribution in [1.82, 2.24) is 24.5 Å². The molecule has 0 aliphatic carbocycles. The van der Waals surface area contributed by atoms with Gasteiger partial charge in [0.15, 0.2) is 6.10 Å². The number of nitrogens with one attached hydrogen (secondary N) is 1. The van der Waals surface area contributed by atoms with Crippen molar-refractivity contribution in [1.29, 1.82) is 0 Å². The van der Waals surface area contributed by atoms with Gasteiger partial charge in [-0.05, 0) is 93.4 Å². The van der Waals surface area contributed by atoms with Crippen LogP contribution in [0.15, 0.2) is 42.5 Å². The van der Waals surface area contributed by atoms with E-state index in [2.05, 4.69) is 60.3 Å². The maximum atomic E-state index is 14.1. The third-order valence-corrected chi connectivity index (χ3v) is 11.1. The highest BCUT2D eigenvalue weighted by Crippen LogP contribution is 2.26. The van der Waals surface area contributed by atoms with E-state index < -0.39 is 12.2 Å². The normalized spacial score (nSPS) is 21.0. The van der Waals surface area contributed by atoms with Gasteiger partial charge >= 0.3 is 12.1 Å². The Morgan fingerprint density at radius 1 is 0.812 bits per heavy atom. The molecule has 0 spiro atoms. The van der Waals surface area contributed by atoms with Crippen LogP contribution in [0, 0.1) is 0 Å². The van der Waals surface area contributed by atoms with E-state index in [0.29, 0.717) is 58.0 Å². The minimum Gasteiger partial charge on any atom is -0.436 e. The summed E-state index contributed by atoms with van der Waals surface area (Å²) in [5, 5.41) is 3.07. The number of anilines is 1. The molecule has 260 valence electrons. The number of piperidine rings is 2. The second kappa shape index (κ2) is 15.7. The number of hydrogen-bond donors (Lipinski definition) is 1. The predicted molar refractivity (Wildman–Crippen MR) is 188 cm³/mol. The first kappa shape index (κ1) is 34.2. The highest BCUT2D eigenvalue weighted by atomic mass is 16.6. The lowest BCUT2D eigenvalue weighted by atomic mass is 9.97. The van der Waals surface area contributed by atoms with Crippen LogP contribution in [0.1, 0.15) is 61.8 Å². The Labute approximate surface area is 286 Å². The standard InChI is InChI=1S/C38H54N6O4/c1-4-29-11-10-28(26-30(29)5-2)27-35(36(45)42-24-22-41(23-25-42)32-13-17-40(3)18-14-32)48-38(47)43-19-15-33(16-20-43)44-21-12-31-8-6-7-9-34(31)39-37(44)46/h6-11,26,32-33,35H,4-5,12-25,27H2,1-3H3,(H,39,46). The number of carbonyl (C=O) groups excluding carboxylic acids is 3. The number of amides is 4. The fourth-order valence-electron chi connectivity index (χ4n) is 8.04. The average Bonchev–Trinajstić information content (AvgIpc) is 3.29. The van der Waals surface area contributed by atoms with Gasteiger partial charge in [-0.25, -0.2) is 9.59 Å². The van der Waals surface area contributed by atoms with Crippen LogP contribution < -0.4 is 5.32 Å². The molecule has 2 aromatic carbocycles. The van der Waals surface area contributed by atoms with Crippen molar-refractivity contribution in [2.45, 2.75) is 83.4 Å². The minimum atomic E-state index is -0.878. The number of hydrogen-bond acceptors (Lipinski definition) is 6.